The molecule has 31 heavy (non-hydrogen) atoms. The molecular weight excluding hydrogens is 420 g/mol. The number of H-pyrrole nitrogens is 1. The molecular formula is C20H26N6O4S. The first-order valence-corrected chi connectivity index (χ1v) is 12.2. The van der Waals surface area contributed by atoms with E-state index in [9.17, 15) is 8.42 Å². The fourth-order valence-corrected chi connectivity index (χ4v) is 5.81. The Labute approximate surface area is 180 Å². The lowest BCUT2D eigenvalue weighted by molar-refractivity contribution is 0.00859. The van der Waals surface area contributed by atoms with E-state index >= 15 is 0 Å². The molecule has 0 amide bonds. The smallest absolute Gasteiger partial charge is 0.277 e. The normalized spacial score (nSPS) is 21.6. The molecule has 0 saturated carbocycles. The maximum Gasteiger partial charge on any atom is 0.277 e. The maximum atomic E-state index is 13.4. The van der Waals surface area contributed by atoms with Crippen LogP contribution in [0, 0.1) is 0 Å². The summed E-state index contributed by atoms with van der Waals surface area (Å²) < 4.78 is 39.5. The molecule has 0 spiro atoms. The van der Waals surface area contributed by atoms with E-state index in [-0.39, 0.29) is 17.9 Å². The zero-order chi connectivity index (χ0) is 21.3. The number of imidazole rings is 1. The average Bonchev–Trinajstić information content (AvgIpc) is 3.46. The molecule has 2 aliphatic rings. The second-order valence-electron chi connectivity index (χ2n) is 7.99. The topological polar surface area (TPSA) is 126 Å². The molecule has 2 fully saturated rings. The minimum atomic E-state index is -3.83. The van der Waals surface area contributed by atoms with E-state index in [2.05, 4.69) is 25.4 Å². The van der Waals surface area contributed by atoms with Crippen molar-refractivity contribution in [3.8, 4) is 0 Å². The number of sulfonamides is 1. The van der Waals surface area contributed by atoms with Crippen molar-refractivity contribution in [2.45, 2.75) is 56.0 Å². The first-order chi connectivity index (χ1) is 15.1. The van der Waals surface area contributed by atoms with Crippen molar-refractivity contribution < 1.29 is 17.7 Å². The Morgan fingerprint density at radius 3 is 2.81 bits per heavy atom. The third-order valence-corrected chi connectivity index (χ3v) is 7.62. The Kier molecular flexibility index (Phi) is 5.74. The number of hydrogen-bond acceptors (Lipinski definition) is 8. The monoisotopic (exact) mass is 446 g/mol. The first kappa shape index (κ1) is 20.6. The number of nitrogens with one attached hydrogen (secondary N) is 2. The van der Waals surface area contributed by atoms with E-state index in [1.54, 1.807) is 6.07 Å². The zero-order valence-corrected chi connectivity index (χ0v) is 18.0. The van der Waals surface area contributed by atoms with Crippen LogP contribution >= 0.6 is 0 Å². The largest absolute Gasteiger partial charge is 0.368 e. The number of nitrogens with zero attached hydrogens (tertiary/aromatic N) is 4. The van der Waals surface area contributed by atoms with Gasteiger partial charge in [0.2, 0.25) is 5.16 Å². The lowest BCUT2D eigenvalue weighted by Crippen LogP contribution is -2.39. The number of aromatic amines is 1. The fourth-order valence-electron chi connectivity index (χ4n) is 4.23. The van der Waals surface area contributed by atoms with Gasteiger partial charge in [0.15, 0.2) is 5.82 Å². The van der Waals surface area contributed by atoms with Crippen LogP contribution in [0.15, 0.2) is 33.9 Å². The maximum absolute atomic E-state index is 13.4. The van der Waals surface area contributed by atoms with Crippen molar-refractivity contribution in [3.63, 3.8) is 0 Å². The Morgan fingerprint density at radius 2 is 1.97 bits per heavy atom. The minimum Gasteiger partial charge on any atom is -0.368 e. The zero-order valence-electron chi connectivity index (χ0n) is 17.2. The van der Waals surface area contributed by atoms with Gasteiger partial charge in [-0.2, -0.15) is 9.29 Å². The molecule has 1 aromatic carbocycles. The summed E-state index contributed by atoms with van der Waals surface area (Å²) in [5, 5.41) is 7.33. The fraction of sp³-hybridized carbons (Fsp3) is 0.550. The van der Waals surface area contributed by atoms with Crippen LogP contribution in [0.1, 0.15) is 49.9 Å². The van der Waals surface area contributed by atoms with Crippen LogP contribution in [-0.4, -0.2) is 58.6 Å². The molecule has 5 rings (SSSR count). The van der Waals surface area contributed by atoms with Crippen LogP contribution in [0.5, 0.6) is 0 Å². The molecule has 3 aromatic rings. The summed E-state index contributed by atoms with van der Waals surface area (Å²) >= 11 is 0. The van der Waals surface area contributed by atoms with Crippen LogP contribution in [0.25, 0.3) is 11.0 Å². The summed E-state index contributed by atoms with van der Waals surface area (Å²) in [7, 11) is -3.83. The molecule has 10 nitrogen and oxygen atoms in total. The number of piperidine rings is 2. The molecule has 0 aliphatic carbocycles. The van der Waals surface area contributed by atoms with Crippen molar-refractivity contribution in [3.05, 3.63) is 36.0 Å². The van der Waals surface area contributed by atoms with Gasteiger partial charge in [-0.05, 0) is 50.9 Å². The minimum absolute atomic E-state index is 0.0569. The van der Waals surface area contributed by atoms with E-state index in [1.807, 2.05) is 18.2 Å². The standard InChI is InChI=1S/C20H26N6O4S/c27-31(28,20-22-15-5-1-2-6-16(15)23-20)26-12-4-3-7-17(26)19-24-18(30-25-19)13-29-14-8-10-21-11-9-14/h1-2,5-6,14,17,21H,3-4,7-13H2,(H,22,23). The first-order valence-electron chi connectivity index (χ1n) is 10.7. The molecule has 166 valence electrons. The number of fused-ring (bicyclic) bond motifs is 1. The molecule has 2 saturated heterocycles. The average molecular weight is 447 g/mol. The van der Waals surface area contributed by atoms with Crippen LogP contribution in [0.4, 0.5) is 0 Å². The number of ether oxygens (including phenoxy) is 1. The highest BCUT2D eigenvalue weighted by Crippen LogP contribution is 2.34. The summed E-state index contributed by atoms with van der Waals surface area (Å²) in [6, 6.07) is 6.78. The van der Waals surface area contributed by atoms with Crippen molar-refractivity contribution in [1.29, 1.82) is 0 Å². The lowest BCUT2D eigenvalue weighted by atomic mass is 10.0. The molecule has 0 radical (unpaired) electrons. The Hall–Kier alpha value is -2.34. The van der Waals surface area contributed by atoms with Crippen molar-refractivity contribution in [2.24, 2.45) is 0 Å². The predicted molar refractivity (Wildman–Crippen MR) is 112 cm³/mol. The van der Waals surface area contributed by atoms with Gasteiger partial charge in [0.1, 0.15) is 6.61 Å². The van der Waals surface area contributed by atoms with Gasteiger partial charge in [0.25, 0.3) is 15.9 Å². The molecule has 4 heterocycles. The van der Waals surface area contributed by atoms with E-state index in [0.29, 0.717) is 35.7 Å². The molecule has 0 bridgehead atoms. The summed E-state index contributed by atoms with van der Waals surface area (Å²) in [5.74, 6) is 0.753. The highest BCUT2D eigenvalue weighted by Gasteiger charge is 2.38. The van der Waals surface area contributed by atoms with Crippen LogP contribution < -0.4 is 5.32 Å². The number of rotatable bonds is 6. The highest BCUT2D eigenvalue weighted by molar-refractivity contribution is 7.89. The van der Waals surface area contributed by atoms with Gasteiger partial charge in [0.05, 0.1) is 23.2 Å². The van der Waals surface area contributed by atoms with Crippen LogP contribution in [0.2, 0.25) is 0 Å². The Balaban J connectivity index is 1.35. The van der Waals surface area contributed by atoms with Gasteiger partial charge in [0, 0.05) is 6.54 Å². The number of hydrogen-bond donors (Lipinski definition) is 2. The molecule has 2 N–H and O–H groups in total. The Bertz CT molecular complexity index is 1100. The quantitative estimate of drug-likeness (QED) is 0.590. The van der Waals surface area contributed by atoms with Gasteiger partial charge in [-0.1, -0.05) is 23.7 Å². The lowest BCUT2D eigenvalue weighted by Gasteiger charge is -2.31. The van der Waals surface area contributed by atoms with Crippen LogP contribution in [-0.2, 0) is 21.4 Å². The third kappa shape index (κ3) is 4.22. The third-order valence-electron chi connectivity index (χ3n) is 5.88. The van der Waals surface area contributed by atoms with Gasteiger partial charge >= 0.3 is 0 Å². The summed E-state index contributed by atoms with van der Waals surface area (Å²) in [6.07, 6.45) is 4.39. The van der Waals surface area contributed by atoms with Gasteiger partial charge in [-0.25, -0.2) is 13.4 Å². The van der Waals surface area contributed by atoms with Crippen molar-refractivity contribution in [2.75, 3.05) is 19.6 Å². The summed E-state index contributed by atoms with van der Waals surface area (Å²) in [6.45, 7) is 2.51. The molecule has 1 atom stereocenters. The summed E-state index contributed by atoms with van der Waals surface area (Å²) in [5.41, 5.74) is 1.30. The van der Waals surface area contributed by atoms with Gasteiger partial charge in [-0.15, -0.1) is 0 Å². The van der Waals surface area contributed by atoms with E-state index < -0.39 is 16.1 Å². The van der Waals surface area contributed by atoms with E-state index in [0.717, 1.165) is 38.8 Å². The van der Waals surface area contributed by atoms with Crippen molar-refractivity contribution in [1.82, 2.24) is 29.7 Å². The van der Waals surface area contributed by atoms with Crippen molar-refractivity contribution >= 4 is 21.1 Å². The number of aromatic nitrogens is 4. The van der Waals surface area contributed by atoms with Gasteiger partial charge in [-0.3, -0.25) is 0 Å². The second kappa shape index (κ2) is 8.65. The second-order valence-corrected chi connectivity index (χ2v) is 9.80. The molecule has 11 heteroatoms. The van der Waals surface area contributed by atoms with Gasteiger partial charge < -0.3 is 19.6 Å². The number of benzene rings is 1. The summed E-state index contributed by atoms with van der Waals surface area (Å²) in [4.78, 5) is 11.7. The number of para-hydroxylation sites is 2. The SMILES string of the molecule is O=S(=O)(c1nc2ccccc2[nH]1)N1CCCCC1c1noc(COC2CCNCC2)n1. The van der Waals surface area contributed by atoms with Crippen LogP contribution in [0.3, 0.4) is 0 Å². The Morgan fingerprint density at radius 1 is 1.13 bits per heavy atom. The predicted octanol–water partition coefficient (Wildman–Crippen LogP) is 2.13. The molecule has 1 unspecified atom stereocenters. The van der Waals surface area contributed by atoms with E-state index in [1.165, 1.54) is 4.31 Å². The molecule has 2 aliphatic heterocycles. The molecule has 2 aromatic heterocycles. The van der Waals surface area contributed by atoms with E-state index in [4.69, 9.17) is 9.26 Å². The highest BCUT2D eigenvalue weighted by atomic mass is 32.2.